The molecule has 0 unspecified atom stereocenters. The topological polar surface area (TPSA) is 4.93 Å². The molecule has 0 amide bonds. The summed E-state index contributed by atoms with van der Waals surface area (Å²) < 4.78 is 2.39. The third kappa shape index (κ3) is 4.55. The van der Waals surface area contributed by atoms with E-state index in [-0.39, 0.29) is 0 Å². The van der Waals surface area contributed by atoms with Gasteiger partial charge in [-0.25, -0.2) is 0 Å². The lowest BCUT2D eigenvalue weighted by Gasteiger charge is -2.12. The summed E-state index contributed by atoms with van der Waals surface area (Å²) in [5.74, 6) is 0. The first-order valence-electron chi connectivity index (χ1n) is 17.9. The van der Waals surface area contributed by atoms with E-state index in [1.54, 1.807) is 0 Å². The van der Waals surface area contributed by atoms with Gasteiger partial charge >= 0.3 is 0 Å². The second-order valence-corrected chi connectivity index (χ2v) is 14.5. The molecule has 1 aromatic heterocycles. The van der Waals surface area contributed by atoms with Crippen LogP contribution in [0.4, 0.5) is 0 Å². The minimum absolute atomic E-state index is 0.969. The second-order valence-electron chi connectivity index (χ2n) is 14.5. The van der Waals surface area contributed by atoms with Crippen molar-refractivity contribution in [2.45, 2.75) is 26.7 Å². The zero-order valence-electron chi connectivity index (χ0n) is 29.1. The Bertz CT molecular complexity index is 2790. The smallest absolute Gasteiger partial charge is 0.0547 e. The molecule has 51 heavy (non-hydrogen) atoms. The lowest BCUT2D eigenvalue weighted by Crippen LogP contribution is -1.93. The Labute approximate surface area is 299 Å². The predicted octanol–water partition coefficient (Wildman–Crippen LogP) is 13.3. The predicted molar refractivity (Wildman–Crippen MR) is 218 cm³/mol. The van der Waals surface area contributed by atoms with Crippen LogP contribution in [0.2, 0.25) is 0 Å². The van der Waals surface area contributed by atoms with Gasteiger partial charge < -0.3 is 4.57 Å². The fraction of sp³-hybridized carbons (Fsp3) is 0.0800. The third-order valence-corrected chi connectivity index (χ3v) is 11.2. The summed E-state index contributed by atoms with van der Waals surface area (Å²) in [5, 5.41) is 2.51. The first-order chi connectivity index (χ1) is 24.9. The number of hydrogen-bond donors (Lipinski definition) is 0. The van der Waals surface area contributed by atoms with Crippen molar-refractivity contribution in [1.29, 1.82) is 0 Å². The van der Waals surface area contributed by atoms with Crippen LogP contribution in [-0.2, 0) is 12.8 Å². The lowest BCUT2D eigenvalue weighted by molar-refractivity contribution is 1.18. The van der Waals surface area contributed by atoms with Gasteiger partial charge in [0, 0.05) is 16.5 Å². The van der Waals surface area contributed by atoms with Gasteiger partial charge in [-0.2, -0.15) is 0 Å². The van der Waals surface area contributed by atoms with E-state index in [1.807, 2.05) is 0 Å². The fourth-order valence-corrected chi connectivity index (χ4v) is 8.76. The lowest BCUT2D eigenvalue weighted by atomic mass is 9.92. The van der Waals surface area contributed by atoms with Gasteiger partial charge in [-0.1, -0.05) is 115 Å². The number of nitrogens with zero attached hydrogens (tertiary/aromatic N) is 1. The summed E-state index contributed by atoms with van der Waals surface area (Å²) >= 11 is 0. The molecule has 0 bridgehead atoms. The number of benzene rings is 7. The van der Waals surface area contributed by atoms with Crippen molar-refractivity contribution in [2.75, 3.05) is 0 Å². The fourth-order valence-electron chi connectivity index (χ4n) is 8.76. The molecule has 8 aromatic rings. The largest absolute Gasteiger partial charge is 0.309 e. The van der Waals surface area contributed by atoms with Crippen molar-refractivity contribution in [3.05, 3.63) is 186 Å². The van der Waals surface area contributed by atoms with Crippen molar-refractivity contribution in [1.82, 2.24) is 4.57 Å². The minimum Gasteiger partial charge on any atom is -0.309 e. The maximum Gasteiger partial charge on any atom is 0.0547 e. The van der Waals surface area contributed by atoms with E-state index in [1.165, 1.54) is 99.7 Å². The molecular weight excluding hydrogens is 615 g/mol. The highest BCUT2D eigenvalue weighted by molar-refractivity contribution is 6.14. The number of hydrogen-bond acceptors (Lipinski definition) is 0. The monoisotopic (exact) mass is 651 g/mol. The average molecular weight is 652 g/mol. The van der Waals surface area contributed by atoms with Crippen LogP contribution >= 0.6 is 0 Å². The summed E-state index contributed by atoms with van der Waals surface area (Å²) in [7, 11) is 0. The zero-order chi connectivity index (χ0) is 34.4. The third-order valence-electron chi connectivity index (χ3n) is 11.2. The van der Waals surface area contributed by atoms with Crippen LogP contribution in [-0.4, -0.2) is 4.57 Å². The molecule has 7 aromatic carbocycles. The second kappa shape index (κ2) is 11.2. The first kappa shape index (κ1) is 29.7. The molecule has 242 valence electrons. The van der Waals surface area contributed by atoms with Crippen molar-refractivity contribution in [3.63, 3.8) is 0 Å². The first-order valence-corrected chi connectivity index (χ1v) is 17.9. The summed E-state index contributed by atoms with van der Waals surface area (Å²) in [6.07, 6.45) is 1.95. The molecule has 0 atom stereocenters. The van der Waals surface area contributed by atoms with Crippen molar-refractivity contribution < 1.29 is 0 Å². The van der Waals surface area contributed by atoms with Gasteiger partial charge in [-0.05, 0) is 153 Å². The molecule has 1 heteroatoms. The standard InChI is InChI=1S/C50H37N/c1-30(2)41-13-8-10-39-25-38-21-18-34(28-45(38)49(39)41)32-16-19-36-24-37-20-17-33(27-44(37)43(36)26-32)35-22-23-47-46(29-35)50-42(31(3)4)14-9-15-48(50)51(47)40-11-6-5-7-12-40/h5-23,26-29H,1,3,24-25H2,2,4H3. The Balaban J connectivity index is 1.08. The number of rotatable bonds is 5. The summed E-state index contributed by atoms with van der Waals surface area (Å²) in [6, 6.07) is 52.1. The van der Waals surface area contributed by atoms with Crippen LogP contribution in [0, 0.1) is 0 Å². The number of aromatic nitrogens is 1. The van der Waals surface area contributed by atoms with Crippen molar-refractivity contribution in [2.24, 2.45) is 0 Å². The Morgan fingerprint density at radius 1 is 0.471 bits per heavy atom. The van der Waals surface area contributed by atoms with E-state index in [0.717, 1.165) is 29.7 Å². The molecule has 0 spiro atoms. The highest BCUT2D eigenvalue weighted by Gasteiger charge is 2.24. The molecule has 0 saturated heterocycles. The number of para-hydroxylation sites is 1. The SMILES string of the molecule is C=C(C)c1cccc2c1-c1cc(-c3ccc4c(c3)-c3cc(-c5ccc6c(c5)c5c(C(=C)C)cccc5n6-c5ccccc5)ccc3C4)ccc1C2. The minimum atomic E-state index is 0.969. The summed E-state index contributed by atoms with van der Waals surface area (Å²) in [5.41, 5.74) is 24.2. The van der Waals surface area contributed by atoms with Crippen LogP contribution in [0.1, 0.15) is 47.2 Å². The van der Waals surface area contributed by atoms with Crippen LogP contribution < -0.4 is 0 Å². The number of allylic oxidation sites excluding steroid dienone is 2. The van der Waals surface area contributed by atoms with E-state index in [9.17, 15) is 0 Å². The molecule has 10 rings (SSSR count). The highest BCUT2D eigenvalue weighted by Crippen LogP contribution is 2.45. The van der Waals surface area contributed by atoms with Crippen LogP contribution in [0.5, 0.6) is 0 Å². The van der Waals surface area contributed by atoms with Crippen LogP contribution in [0.15, 0.2) is 153 Å². The van der Waals surface area contributed by atoms with E-state index in [4.69, 9.17) is 0 Å². The van der Waals surface area contributed by atoms with Gasteiger partial charge in [0.1, 0.15) is 0 Å². The Morgan fingerprint density at radius 2 is 1.02 bits per heavy atom. The van der Waals surface area contributed by atoms with Crippen molar-refractivity contribution in [3.8, 4) is 50.2 Å². The molecule has 0 radical (unpaired) electrons. The Kier molecular flexibility index (Phi) is 6.51. The maximum absolute atomic E-state index is 4.36. The maximum atomic E-state index is 4.36. The van der Waals surface area contributed by atoms with E-state index >= 15 is 0 Å². The Hall–Kier alpha value is -6.18. The van der Waals surface area contributed by atoms with Gasteiger partial charge in [0.25, 0.3) is 0 Å². The van der Waals surface area contributed by atoms with E-state index in [2.05, 4.69) is 171 Å². The summed E-state index contributed by atoms with van der Waals surface area (Å²) in [6.45, 7) is 12.9. The molecule has 0 saturated carbocycles. The van der Waals surface area contributed by atoms with Gasteiger partial charge in [-0.3, -0.25) is 0 Å². The zero-order valence-corrected chi connectivity index (χ0v) is 29.1. The van der Waals surface area contributed by atoms with Crippen LogP contribution in [0.25, 0.3) is 83.1 Å². The van der Waals surface area contributed by atoms with Gasteiger partial charge in [-0.15, -0.1) is 0 Å². The normalized spacial score (nSPS) is 12.5. The van der Waals surface area contributed by atoms with Crippen LogP contribution in [0.3, 0.4) is 0 Å². The van der Waals surface area contributed by atoms with Gasteiger partial charge in [0.05, 0.1) is 11.0 Å². The summed E-state index contributed by atoms with van der Waals surface area (Å²) in [4.78, 5) is 0. The average Bonchev–Trinajstić information content (AvgIpc) is 3.83. The molecule has 2 aliphatic rings. The van der Waals surface area contributed by atoms with Gasteiger partial charge in [0.15, 0.2) is 0 Å². The molecule has 1 heterocycles. The Morgan fingerprint density at radius 3 is 1.69 bits per heavy atom. The molecule has 1 nitrogen and oxygen atoms in total. The highest BCUT2D eigenvalue weighted by atomic mass is 15.0. The van der Waals surface area contributed by atoms with Gasteiger partial charge in [0.2, 0.25) is 0 Å². The van der Waals surface area contributed by atoms with E-state index < -0.39 is 0 Å². The molecule has 0 N–H and O–H groups in total. The molecule has 0 fully saturated rings. The van der Waals surface area contributed by atoms with Crippen molar-refractivity contribution >= 4 is 33.0 Å². The molecule has 2 aliphatic carbocycles. The molecular formula is C50H37N. The van der Waals surface area contributed by atoms with E-state index in [0.29, 0.717) is 0 Å². The quantitative estimate of drug-likeness (QED) is 0.175. The molecule has 0 aliphatic heterocycles. The number of fused-ring (bicyclic) bond motifs is 9.